The van der Waals surface area contributed by atoms with Crippen molar-refractivity contribution in [2.75, 3.05) is 18.1 Å². The fourth-order valence-corrected chi connectivity index (χ4v) is 7.10. The number of aromatic nitrogens is 5. The Bertz CT molecular complexity index is 1550. The molecule has 1 N–H and O–H groups in total. The molecular weight excluding hydrogens is 530 g/mol. The van der Waals surface area contributed by atoms with Crippen LogP contribution in [0.15, 0.2) is 35.5 Å². The van der Waals surface area contributed by atoms with Crippen molar-refractivity contribution in [1.29, 1.82) is 0 Å². The second kappa shape index (κ2) is 9.60. The molecule has 1 saturated heterocycles. The minimum atomic E-state index is -4.13. The molecule has 1 unspecified atom stereocenters. The van der Waals surface area contributed by atoms with Crippen molar-refractivity contribution in [3.63, 3.8) is 0 Å². The molecule has 12 heteroatoms. The smallest absolute Gasteiger partial charge is 0.268 e. The summed E-state index contributed by atoms with van der Waals surface area (Å²) in [6.07, 6.45) is 9.36. The Balaban J connectivity index is 1.35. The maximum Gasteiger partial charge on any atom is 0.268 e. The van der Waals surface area contributed by atoms with Crippen LogP contribution in [0, 0.1) is 18.3 Å². The molecule has 1 amide bonds. The fourth-order valence-electron chi connectivity index (χ4n) is 5.96. The Morgan fingerprint density at radius 3 is 2.75 bits per heavy atom. The molecule has 40 heavy (non-hydrogen) atoms. The second-order valence-electron chi connectivity index (χ2n) is 12.4. The first kappa shape index (κ1) is 26.8. The van der Waals surface area contributed by atoms with E-state index in [4.69, 9.17) is 9.72 Å². The number of rotatable bonds is 5. The zero-order valence-electron chi connectivity index (χ0n) is 23.6. The molecule has 6 rings (SSSR count). The molecule has 11 nitrogen and oxygen atoms in total. The zero-order valence-corrected chi connectivity index (χ0v) is 24.4. The molecule has 0 radical (unpaired) electrons. The van der Waals surface area contributed by atoms with Gasteiger partial charge in [0.25, 0.3) is 15.9 Å². The number of nitrogens with zero attached hydrogens (tertiary/aromatic N) is 6. The first-order chi connectivity index (χ1) is 18.9. The monoisotopic (exact) mass is 567 g/mol. The molecular formula is C28H37N7O4S. The number of hydrogen-bond donors (Lipinski definition) is 1. The lowest BCUT2D eigenvalue weighted by atomic mass is 9.93. The number of nitrogens with one attached hydrogen (secondary N) is 1. The molecule has 0 aromatic carbocycles. The summed E-state index contributed by atoms with van der Waals surface area (Å²) in [5.41, 5.74) is 0.837. The normalized spacial score (nSPS) is 22.8. The topological polar surface area (TPSA) is 124 Å². The molecule has 1 saturated carbocycles. The Hall–Kier alpha value is -3.41. The van der Waals surface area contributed by atoms with Gasteiger partial charge >= 0.3 is 0 Å². The van der Waals surface area contributed by atoms with Crippen molar-refractivity contribution in [3.8, 4) is 11.7 Å². The van der Waals surface area contributed by atoms with E-state index in [-0.39, 0.29) is 16.0 Å². The van der Waals surface area contributed by atoms with Gasteiger partial charge in [0.2, 0.25) is 5.88 Å². The molecule has 0 spiro atoms. The number of amides is 1. The van der Waals surface area contributed by atoms with Crippen molar-refractivity contribution >= 4 is 21.7 Å². The van der Waals surface area contributed by atoms with Crippen molar-refractivity contribution < 1.29 is 17.9 Å². The number of ether oxygens (including phenoxy) is 1. The number of carbonyl (C=O) groups excluding carboxylic acids is 1. The summed E-state index contributed by atoms with van der Waals surface area (Å²) in [4.78, 5) is 20.6. The van der Waals surface area contributed by atoms with E-state index in [2.05, 4.69) is 40.6 Å². The van der Waals surface area contributed by atoms with Crippen LogP contribution in [-0.4, -0.2) is 57.6 Å². The van der Waals surface area contributed by atoms with E-state index in [1.165, 1.54) is 19.0 Å². The lowest BCUT2D eigenvalue weighted by Gasteiger charge is -2.34. The Morgan fingerprint density at radius 1 is 1.18 bits per heavy atom. The summed E-state index contributed by atoms with van der Waals surface area (Å²) in [5.74, 6) is 1.16. The average molecular weight is 568 g/mol. The van der Waals surface area contributed by atoms with E-state index in [0.29, 0.717) is 54.2 Å². The van der Waals surface area contributed by atoms with E-state index in [1.807, 2.05) is 0 Å². The van der Waals surface area contributed by atoms with Crippen molar-refractivity contribution in [3.05, 3.63) is 41.9 Å². The number of anilines is 1. The van der Waals surface area contributed by atoms with Crippen molar-refractivity contribution in [2.24, 2.45) is 11.3 Å². The van der Waals surface area contributed by atoms with Gasteiger partial charge in [-0.3, -0.25) is 9.48 Å². The van der Waals surface area contributed by atoms with Gasteiger partial charge in [-0.25, -0.2) is 22.8 Å². The van der Waals surface area contributed by atoms with Gasteiger partial charge in [0, 0.05) is 30.9 Å². The number of fused-ring (bicyclic) bond motifs is 6. The summed E-state index contributed by atoms with van der Waals surface area (Å²) in [5, 5.41) is 8.85. The lowest BCUT2D eigenvalue weighted by molar-refractivity contribution is 0.0981. The summed E-state index contributed by atoms with van der Waals surface area (Å²) < 4.78 is 37.9. The largest absolute Gasteiger partial charge is 0.477 e. The van der Waals surface area contributed by atoms with Crippen LogP contribution >= 0.6 is 0 Å². The van der Waals surface area contributed by atoms with Crippen LogP contribution < -0.4 is 14.4 Å². The number of pyridine rings is 1. The number of sulfonamides is 1. The lowest BCUT2D eigenvalue weighted by Crippen LogP contribution is -2.41. The number of carbonyl (C=O) groups is 1. The SMILES string of the molecule is Cc1c2cnn1CCCC1CN(c3nc(-n4ccc(OCCC5(C)CC5)n4)ccc3C(=O)NS2(=O)=O)C(C)(C)C1. The predicted molar refractivity (Wildman–Crippen MR) is 149 cm³/mol. The third-order valence-corrected chi connectivity index (χ3v) is 10.2. The third-order valence-electron chi connectivity index (χ3n) is 8.74. The first-order valence-corrected chi connectivity index (χ1v) is 15.5. The summed E-state index contributed by atoms with van der Waals surface area (Å²) in [6.45, 7) is 10.2. The molecule has 3 aromatic heterocycles. The van der Waals surface area contributed by atoms with E-state index >= 15 is 0 Å². The maximum atomic E-state index is 13.5. The molecule has 2 fully saturated rings. The Kier molecular flexibility index (Phi) is 6.43. The highest BCUT2D eigenvalue weighted by molar-refractivity contribution is 7.90. The summed E-state index contributed by atoms with van der Waals surface area (Å²) in [7, 11) is -4.13. The van der Waals surface area contributed by atoms with E-state index in [9.17, 15) is 13.2 Å². The quantitative estimate of drug-likeness (QED) is 0.493. The third kappa shape index (κ3) is 5.09. The minimum absolute atomic E-state index is 0.00685. The van der Waals surface area contributed by atoms with E-state index < -0.39 is 15.9 Å². The molecule has 1 aliphatic carbocycles. The van der Waals surface area contributed by atoms with Gasteiger partial charge in [-0.1, -0.05) is 6.92 Å². The molecule has 2 aliphatic heterocycles. The molecule has 4 bridgehead atoms. The van der Waals surface area contributed by atoms with Gasteiger partial charge in [-0.15, -0.1) is 5.10 Å². The predicted octanol–water partition coefficient (Wildman–Crippen LogP) is 3.86. The molecule has 3 aromatic rings. The molecule has 5 heterocycles. The van der Waals surface area contributed by atoms with Crippen LogP contribution in [0.1, 0.15) is 75.3 Å². The maximum absolute atomic E-state index is 13.5. The summed E-state index contributed by atoms with van der Waals surface area (Å²) in [6, 6.07) is 5.12. The van der Waals surface area contributed by atoms with E-state index in [1.54, 1.807) is 40.7 Å². The number of aryl methyl sites for hydroxylation is 1. The van der Waals surface area contributed by atoms with Gasteiger partial charge in [0.15, 0.2) is 5.82 Å². The highest BCUT2D eigenvalue weighted by Crippen LogP contribution is 2.48. The Morgan fingerprint density at radius 2 is 1.98 bits per heavy atom. The molecule has 3 aliphatic rings. The van der Waals surface area contributed by atoms with Crippen LogP contribution in [0.5, 0.6) is 5.88 Å². The van der Waals surface area contributed by atoms with Gasteiger partial charge in [-0.05, 0) is 82.8 Å². The standard InChI is InChI=1S/C28H37N7O4S/c1-19-22-17-29-34(19)13-5-6-20-16-27(2,3)33(18-20)25-21(26(36)32-40(22,37)38)7-8-23(30-25)35-14-9-24(31-35)39-15-12-28(4)10-11-28/h7-9,14,17,20H,5-6,10-13,15-16,18H2,1-4H3,(H,32,36). The molecule has 214 valence electrons. The minimum Gasteiger partial charge on any atom is -0.477 e. The van der Waals surface area contributed by atoms with Crippen LogP contribution in [-0.2, 0) is 16.6 Å². The highest BCUT2D eigenvalue weighted by atomic mass is 32.2. The highest BCUT2D eigenvalue weighted by Gasteiger charge is 2.41. The van der Waals surface area contributed by atoms with Crippen molar-refractivity contribution in [1.82, 2.24) is 29.3 Å². The van der Waals surface area contributed by atoms with Crippen LogP contribution in [0.4, 0.5) is 5.82 Å². The van der Waals surface area contributed by atoms with Gasteiger partial charge in [0.05, 0.1) is 24.1 Å². The van der Waals surface area contributed by atoms with E-state index in [0.717, 1.165) is 25.7 Å². The van der Waals surface area contributed by atoms with Crippen LogP contribution in [0.3, 0.4) is 0 Å². The number of hydrogen-bond acceptors (Lipinski definition) is 8. The van der Waals surface area contributed by atoms with Gasteiger partial charge in [0.1, 0.15) is 10.7 Å². The molecule has 1 atom stereocenters. The fraction of sp³-hybridized carbons (Fsp3) is 0.571. The second-order valence-corrected chi connectivity index (χ2v) is 14.1. The zero-order chi connectivity index (χ0) is 28.3. The van der Waals surface area contributed by atoms with Crippen LogP contribution in [0.25, 0.3) is 5.82 Å². The van der Waals surface area contributed by atoms with Gasteiger partial charge < -0.3 is 9.64 Å². The summed E-state index contributed by atoms with van der Waals surface area (Å²) >= 11 is 0. The first-order valence-electron chi connectivity index (χ1n) is 14.0. The van der Waals surface area contributed by atoms with Crippen molar-refractivity contribution in [2.45, 2.75) is 83.2 Å². The van der Waals surface area contributed by atoms with Gasteiger partial charge in [-0.2, -0.15) is 5.10 Å². The van der Waals surface area contributed by atoms with Crippen LogP contribution in [0.2, 0.25) is 0 Å². The Labute approximate surface area is 235 Å². The average Bonchev–Trinajstić information content (AvgIpc) is 3.19.